The molecule has 2 aromatic heterocycles. The zero-order valence-electron chi connectivity index (χ0n) is 20.3. The second-order valence-corrected chi connectivity index (χ2v) is 9.49. The fraction of sp³-hybridized carbons (Fsp3) is 0.308. The van der Waals surface area contributed by atoms with Crippen LogP contribution in [0.5, 0.6) is 0 Å². The van der Waals surface area contributed by atoms with Gasteiger partial charge in [0.25, 0.3) is 5.91 Å². The monoisotopic (exact) mass is 542 g/mol. The molecule has 1 aliphatic heterocycles. The number of thiazole rings is 1. The average molecular weight is 543 g/mol. The molecule has 1 saturated heterocycles. The largest absolute Gasteiger partial charge is 0.416 e. The molecule has 0 saturated carbocycles. The molecule has 1 N–H and O–H groups in total. The third-order valence-electron chi connectivity index (χ3n) is 6.13. The van der Waals surface area contributed by atoms with Gasteiger partial charge >= 0.3 is 6.18 Å². The molecular weight excluding hydrogens is 517 g/mol. The van der Waals surface area contributed by atoms with Gasteiger partial charge in [-0.3, -0.25) is 9.69 Å². The van der Waals surface area contributed by atoms with Crippen LogP contribution in [-0.2, 0) is 17.5 Å². The second kappa shape index (κ2) is 11.4. The lowest BCUT2D eigenvalue weighted by Crippen LogP contribution is -2.37. The van der Waals surface area contributed by atoms with Gasteiger partial charge < -0.3 is 10.1 Å². The maximum Gasteiger partial charge on any atom is 0.416 e. The molecule has 0 spiro atoms. The van der Waals surface area contributed by atoms with Crippen molar-refractivity contribution < 1.29 is 22.7 Å². The van der Waals surface area contributed by atoms with Gasteiger partial charge in [0, 0.05) is 48.4 Å². The van der Waals surface area contributed by atoms with Crippen LogP contribution in [-0.4, -0.2) is 63.4 Å². The molecule has 0 atom stereocenters. The highest BCUT2D eigenvalue weighted by molar-refractivity contribution is 7.07. The summed E-state index contributed by atoms with van der Waals surface area (Å²) in [5, 5.41) is 9.09. The maximum atomic E-state index is 13.4. The average Bonchev–Trinajstić information content (AvgIpc) is 3.61. The number of hydrogen-bond donors (Lipinski definition) is 1. The predicted molar refractivity (Wildman–Crippen MR) is 138 cm³/mol. The number of nitrogens with one attached hydrogen (secondary N) is 1. The van der Waals surface area contributed by atoms with E-state index in [1.54, 1.807) is 45.9 Å². The Labute approximate surface area is 221 Å². The molecule has 38 heavy (non-hydrogen) atoms. The summed E-state index contributed by atoms with van der Waals surface area (Å²) in [6.07, 6.45) is -3.70. The van der Waals surface area contributed by atoms with E-state index in [1.165, 1.54) is 17.4 Å². The predicted octanol–water partition coefficient (Wildman–Crippen LogP) is 5.06. The van der Waals surface area contributed by atoms with E-state index in [1.807, 2.05) is 0 Å². The van der Waals surface area contributed by atoms with E-state index < -0.39 is 11.7 Å². The summed E-state index contributed by atoms with van der Waals surface area (Å²) in [7, 11) is 0. The van der Waals surface area contributed by atoms with Crippen LogP contribution in [0.2, 0.25) is 0 Å². The zero-order chi connectivity index (χ0) is 26.5. The first-order valence-electron chi connectivity index (χ1n) is 12.1. The maximum absolute atomic E-state index is 13.4. The molecule has 0 unspecified atom stereocenters. The summed E-state index contributed by atoms with van der Waals surface area (Å²) < 4.78 is 47.2. The minimum absolute atomic E-state index is 0.312. The van der Waals surface area contributed by atoms with Gasteiger partial charge in [0.15, 0.2) is 11.6 Å². The van der Waals surface area contributed by atoms with Gasteiger partial charge in [-0.15, -0.1) is 11.3 Å². The quantitative estimate of drug-likeness (QED) is 0.335. The fourth-order valence-corrected chi connectivity index (χ4v) is 4.69. The second-order valence-electron chi connectivity index (χ2n) is 8.77. The number of benzene rings is 2. The first-order valence-corrected chi connectivity index (χ1v) is 13.0. The minimum Gasteiger partial charge on any atom is -0.379 e. The summed E-state index contributed by atoms with van der Waals surface area (Å²) in [5.74, 6) is 0.448. The first kappa shape index (κ1) is 26.0. The number of amides is 1. The lowest BCUT2D eigenvalue weighted by atomic mass is 10.1. The third kappa shape index (κ3) is 6.26. The molecular formula is C26H25F3N6O2S. The first-order chi connectivity index (χ1) is 18.4. The molecule has 198 valence electrons. The number of carbonyl (C=O) groups excluding carboxylic acids is 1. The van der Waals surface area contributed by atoms with Crippen molar-refractivity contribution in [1.82, 2.24) is 24.6 Å². The number of nitrogens with zero attached hydrogens (tertiary/aromatic N) is 5. The van der Waals surface area contributed by atoms with Crippen molar-refractivity contribution >= 4 is 22.9 Å². The van der Waals surface area contributed by atoms with Gasteiger partial charge in [-0.2, -0.15) is 18.3 Å². The van der Waals surface area contributed by atoms with Crippen LogP contribution in [0.1, 0.15) is 22.5 Å². The number of morpholine rings is 1. The number of halogens is 3. The SMILES string of the molecule is O=C(Nc1ccc(-c2nc(-c3cccc(C(F)(F)F)c3)n(CCCN3CCOCC3)n2)cc1)c1cscn1. The molecule has 0 radical (unpaired) electrons. The highest BCUT2D eigenvalue weighted by Crippen LogP contribution is 2.32. The van der Waals surface area contributed by atoms with Crippen LogP contribution < -0.4 is 5.32 Å². The molecule has 5 rings (SSSR count). The Hall–Kier alpha value is -3.61. The molecule has 12 heteroatoms. The van der Waals surface area contributed by atoms with Crippen LogP contribution >= 0.6 is 11.3 Å². The summed E-state index contributed by atoms with van der Waals surface area (Å²) in [5.41, 5.74) is 2.79. The van der Waals surface area contributed by atoms with E-state index in [0.29, 0.717) is 53.9 Å². The number of aryl methyl sites for hydroxylation is 1. The van der Waals surface area contributed by atoms with E-state index in [2.05, 4.69) is 25.3 Å². The van der Waals surface area contributed by atoms with E-state index >= 15 is 0 Å². The Morgan fingerprint density at radius 2 is 1.84 bits per heavy atom. The zero-order valence-corrected chi connectivity index (χ0v) is 21.1. The van der Waals surface area contributed by atoms with Crippen LogP contribution in [0.3, 0.4) is 0 Å². The van der Waals surface area contributed by atoms with Crippen molar-refractivity contribution in [3.63, 3.8) is 0 Å². The number of anilines is 1. The van der Waals surface area contributed by atoms with Crippen LogP contribution in [0, 0.1) is 0 Å². The van der Waals surface area contributed by atoms with Crippen molar-refractivity contribution in [1.29, 1.82) is 0 Å². The number of carbonyl (C=O) groups is 1. The van der Waals surface area contributed by atoms with E-state index in [-0.39, 0.29) is 5.91 Å². The molecule has 8 nitrogen and oxygen atoms in total. The lowest BCUT2D eigenvalue weighted by Gasteiger charge is -2.26. The molecule has 2 aromatic carbocycles. The van der Waals surface area contributed by atoms with Gasteiger partial charge in [0.05, 0.1) is 24.3 Å². The summed E-state index contributed by atoms with van der Waals surface area (Å²) in [6.45, 7) is 4.43. The summed E-state index contributed by atoms with van der Waals surface area (Å²) >= 11 is 1.33. The minimum atomic E-state index is -4.46. The van der Waals surface area contributed by atoms with Crippen LogP contribution in [0.4, 0.5) is 18.9 Å². The fourth-order valence-electron chi connectivity index (χ4n) is 4.16. The standard InChI is InChI=1S/C26H25F3N6O2S/c27-26(28,29)20-4-1-3-19(15-20)24-32-23(33-35(24)10-2-9-34-11-13-37-14-12-34)18-5-7-21(8-6-18)31-25(36)22-16-38-17-30-22/h1,3-8,15-17H,2,9-14H2,(H,31,36). The van der Waals surface area contributed by atoms with E-state index in [9.17, 15) is 18.0 Å². The van der Waals surface area contributed by atoms with E-state index in [0.717, 1.165) is 38.2 Å². The number of ether oxygens (including phenoxy) is 1. The topological polar surface area (TPSA) is 85.2 Å². The van der Waals surface area contributed by atoms with E-state index in [4.69, 9.17) is 4.74 Å². The Morgan fingerprint density at radius 3 is 2.55 bits per heavy atom. The smallest absolute Gasteiger partial charge is 0.379 e. The van der Waals surface area contributed by atoms with Crippen LogP contribution in [0.25, 0.3) is 22.8 Å². The summed E-state index contributed by atoms with van der Waals surface area (Å²) in [4.78, 5) is 23.2. The van der Waals surface area contributed by atoms with Gasteiger partial charge in [-0.05, 0) is 42.8 Å². The number of rotatable bonds is 8. The number of alkyl halides is 3. The summed E-state index contributed by atoms with van der Waals surface area (Å²) in [6, 6.07) is 12.1. The molecule has 1 aliphatic rings. The third-order valence-corrected chi connectivity index (χ3v) is 6.72. The Kier molecular flexibility index (Phi) is 7.82. The Bertz CT molecular complexity index is 1370. The highest BCUT2D eigenvalue weighted by Gasteiger charge is 2.31. The van der Waals surface area contributed by atoms with Crippen molar-refractivity contribution in [2.75, 3.05) is 38.2 Å². The lowest BCUT2D eigenvalue weighted by molar-refractivity contribution is -0.137. The normalized spacial score (nSPS) is 14.5. The number of hydrogen-bond acceptors (Lipinski definition) is 7. The Balaban J connectivity index is 1.38. The molecule has 1 amide bonds. The van der Waals surface area contributed by atoms with Crippen molar-refractivity contribution in [2.24, 2.45) is 0 Å². The van der Waals surface area contributed by atoms with Crippen molar-refractivity contribution in [2.45, 2.75) is 19.1 Å². The van der Waals surface area contributed by atoms with Gasteiger partial charge in [-0.25, -0.2) is 14.6 Å². The Morgan fingerprint density at radius 1 is 1.05 bits per heavy atom. The highest BCUT2D eigenvalue weighted by atomic mass is 32.1. The van der Waals surface area contributed by atoms with Gasteiger partial charge in [-0.1, -0.05) is 12.1 Å². The molecule has 3 heterocycles. The van der Waals surface area contributed by atoms with Crippen molar-refractivity contribution in [3.05, 3.63) is 70.7 Å². The van der Waals surface area contributed by atoms with Gasteiger partial charge in [0.1, 0.15) is 5.69 Å². The van der Waals surface area contributed by atoms with Gasteiger partial charge in [0.2, 0.25) is 0 Å². The molecule has 1 fully saturated rings. The van der Waals surface area contributed by atoms with Crippen LogP contribution in [0.15, 0.2) is 59.4 Å². The molecule has 0 bridgehead atoms. The van der Waals surface area contributed by atoms with Crippen molar-refractivity contribution in [3.8, 4) is 22.8 Å². The number of aromatic nitrogens is 4. The molecule has 4 aromatic rings. The molecule has 0 aliphatic carbocycles.